The summed E-state index contributed by atoms with van der Waals surface area (Å²) in [4.78, 5) is 39.7. The number of aliphatic hydroxyl groups excluding tert-OH is 3. The summed E-state index contributed by atoms with van der Waals surface area (Å²) in [6.45, 7) is -0.0939. The van der Waals surface area contributed by atoms with Crippen LogP contribution in [0.2, 0.25) is 0 Å². The summed E-state index contributed by atoms with van der Waals surface area (Å²) in [7, 11) is 0. The molecule has 27 heavy (non-hydrogen) atoms. The number of ketones is 1. The maximum absolute atomic E-state index is 13.3. The number of benzene rings is 1. The van der Waals surface area contributed by atoms with E-state index in [2.05, 4.69) is 4.98 Å². The van der Waals surface area contributed by atoms with E-state index in [1.165, 1.54) is 25.3 Å². The van der Waals surface area contributed by atoms with Crippen LogP contribution in [-0.2, 0) is 10.5 Å². The molecule has 0 unspecified atom stereocenters. The highest BCUT2D eigenvalue weighted by Gasteiger charge is 2.60. The van der Waals surface area contributed by atoms with Crippen molar-refractivity contribution in [2.75, 3.05) is 13.2 Å². The van der Waals surface area contributed by atoms with Crippen LogP contribution in [0.25, 0.3) is 0 Å². The Labute approximate surface area is 153 Å². The minimum absolute atomic E-state index is 0.151. The largest absolute Gasteiger partial charge is 0.393 e. The Morgan fingerprint density at radius 2 is 1.89 bits per heavy atom. The predicted molar refractivity (Wildman–Crippen MR) is 93.4 cm³/mol. The van der Waals surface area contributed by atoms with E-state index in [1.807, 2.05) is 0 Å². The number of carbonyl (C=O) groups is 1. The molecule has 0 saturated carbocycles. The average Bonchev–Trinajstić information content (AvgIpc) is 2.98. The summed E-state index contributed by atoms with van der Waals surface area (Å²) in [6.07, 6.45) is -0.661. The summed E-state index contributed by atoms with van der Waals surface area (Å²) in [5.41, 5.74) is -5.06. The molecule has 2 heterocycles. The molecular weight excluding hydrogens is 356 g/mol. The summed E-state index contributed by atoms with van der Waals surface area (Å²) in [5, 5.41) is 29.8. The van der Waals surface area contributed by atoms with Crippen molar-refractivity contribution in [1.82, 2.24) is 9.55 Å². The Bertz CT molecular complexity index is 962. The monoisotopic (exact) mass is 376 g/mol. The number of ether oxygens (including phenoxy) is 1. The molecule has 3 rings (SSSR count). The van der Waals surface area contributed by atoms with E-state index in [0.717, 1.165) is 4.57 Å². The number of aryl methyl sites for hydroxylation is 1. The number of rotatable bonds is 5. The molecule has 9 nitrogen and oxygen atoms in total. The van der Waals surface area contributed by atoms with E-state index >= 15 is 0 Å². The highest BCUT2D eigenvalue weighted by Crippen LogP contribution is 2.42. The second-order valence-electron chi connectivity index (χ2n) is 6.62. The van der Waals surface area contributed by atoms with Crippen molar-refractivity contribution in [1.29, 1.82) is 0 Å². The van der Waals surface area contributed by atoms with Gasteiger partial charge in [-0.1, -0.05) is 30.3 Å². The molecule has 144 valence electrons. The molecule has 1 aliphatic rings. The molecule has 1 aromatic heterocycles. The quantitative estimate of drug-likeness (QED) is 0.485. The van der Waals surface area contributed by atoms with Crippen LogP contribution in [0.1, 0.15) is 22.3 Å². The second kappa shape index (κ2) is 6.86. The minimum Gasteiger partial charge on any atom is -0.393 e. The highest BCUT2D eigenvalue weighted by atomic mass is 16.6. The first-order valence-corrected chi connectivity index (χ1v) is 8.32. The molecule has 2 aromatic rings. The number of nitrogens with one attached hydrogen (secondary N) is 1. The minimum atomic E-state index is -2.04. The van der Waals surface area contributed by atoms with E-state index in [-0.39, 0.29) is 11.1 Å². The number of carbonyl (C=O) groups excluding carboxylic acids is 1. The van der Waals surface area contributed by atoms with Crippen LogP contribution in [-0.4, -0.2) is 55.6 Å². The van der Waals surface area contributed by atoms with Crippen LogP contribution in [0.5, 0.6) is 0 Å². The maximum atomic E-state index is 13.3. The third-order valence-corrected chi connectivity index (χ3v) is 4.88. The zero-order valence-corrected chi connectivity index (χ0v) is 14.6. The van der Waals surface area contributed by atoms with Gasteiger partial charge in [0.1, 0.15) is 5.60 Å². The van der Waals surface area contributed by atoms with Crippen molar-refractivity contribution in [2.24, 2.45) is 0 Å². The Morgan fingerprint density at radius 1 is 1.26 bits per heavy atom. The van der Waals surface area contributed by atoms with Gasteiger partial charge in [-0.2, -0.15) is 0 Å². The summed E-state index contributed by atoms with van der Waals surface area (Å²) in [5.74, 6) is -0.653. The summed E-state index contributed by atoms with van der Waals surface area (Å²) in [6, 6.07) is 7.98. The van der Waals surface area contributed by atoms with Crippen LogP contribution in [0, 0.1) is 6.92 Å². The summed E-state index contributed by atoms with van der Waals surface area (Å²) >= 11 is 0. The van der Waals surface area contributed by atoms with Gasteiger partial charge >= 0.3 is 5.69 Å². The molecule has 0 radical (unpaired) electrons. The number of Topliss-reactive ketones (excluding diaryl/α,β-unsaturated/α-hetero) is 1. The molecule has 0 spiro atoms. The van der Waals surface area contributed by atoms with Crippen molar-refractivity contribution < 1.29 is 24.9 Å². The topological polar surface area (TPSA) is 142 Å². The zero-order valence-electron chi connectivity index (χ0n) is 14.6. The Hall–Kier alpha value is -2.59. The fraction of sp³-hybridized carbons (Fsp3) is 0.389. The van der Waals surface area contributed by atoms with E-state index in [1.54, 1.807) is 18.2 Å². The zero-order chi connectivity index (χ0) is 19.8. The van der Waals surface area contributed by atoms with E-state index in [0.29, 0.717) is 0 Å². The van der Waals surface area contributed by atoms with Gasteiger partial charge in [0.15, 0.2) is 0 Å². The number of aromatic nitrogens is 2. The van der Waals surface area contributed by atoms with Gasteiger partial charge in [0.25, 0.3) is 5.56 Å². The van der Waals surface area contributed by atoms with Crippen molar-refractivity contribution in [3.8, 4) is 0 Å². The van der Waals surface area contributed by atoms with Gasteiger partial charge in [-0.15, -0.1) is 0 Å². The fourth-order valence-corrected chi connectivity index (χ4v) is 3.27. The standard InChI is InChI=1S/C18H20N2O7/c1-11-8-20(16(26)19-15(11)25)18(14(24)12-5-3-2-4-6-12)7-13(23)17(9-21,10-22)27-18/h2-6,8,13,21-23H,7,9-10H2,1H3,(H,19,25,26)/t13-,18-/m0/s1. The van der Waals surface area contributed by atoms with Crippen LogP contribution >= 0.6 is 0 Å². The molecule has 1 aromatic carbocycles. The smallest absolute Gasteiger partial charge is 0.331 e. The average molecular weight is 376 g/mol. The highest BCUT2D eigenvalue weighted by molar-refractivity contribution is 6.01. The van der Waals surface area contributed by atoms with Crippen molar-refractivity contribution in [3.05, 3.63) is 68.5 Å². The van der Waals surface area contributed by atoms with Gasteiger partial charge < -0.3 is 20.1 Å². The second-order valence-corrected chi connectivity index (χ2v) is 6.62. The molecule has 9 heteroatoms. The number of H-pyrrole nitrogens is 1. The Balaban J connectivity index is 2.26. The number of hydrogen-bond acceptors (Lipinski definition) is 7. The molecule has 4 N–H and O–H groups in total. The molecular formula is C18H20N2O7. The normalized spacial score (nSPS) is 24.1. The predicted octanol–water partition coefficient (Wildman–Crippen LogP) is -1.11. The third kappa shape index (κ3) is 2.94. The van der Waals surface area contributed by atoms with Crippen LogP contribution in [0.3, 0.4) is 0 Å². The molecule has 0 bridgehead atoms. The molecule has 0 aliphatic carbocycles. The van der Waals surface area contributed by atoms with Gasteiger partial charge in [0.05, 0.1) is 19.3 Å². The van der Waals surface area contributed by atoms with E-state index in [4.69, 9.17) is 4.74 Å². The van der Waals surface area contributed by atoms with Gasteiger partial charge in [-0.3, -0.25) is 19.1 Å². The Kier molecular flexibility index (Phi) is 4.87. The number of nitrogens with zero attached hydrogens (tertiary/aromatic N) is 1. The lowest BCUT2D eigenvalue weighted by atomic mass is 9.93. The van der Waals surface area contributed by atoms with E-state index in [9.17, 15) is 29.7 Å². The third-order valence-electron chi connectivity index (χ3n) is 4.88. The molecule has 1 fully saturated rings. The lowest BCUT2D eigenvalue weighted by Crippen LogP contribution is -2.53. The number of aromatic amines is 1. The molecule has 2 atom stereocenters. The van der Waals surface area contributed by atoms with Crippen molar-refractivity contribution in [2.45, 2.75) is 30.8 Å². The van der Waals surface area contributed by atoms with Crippen molar-refractivity contribution >= 4 is 5.78 Å². The van der Waals surface area contributed by atoms with Crippen LogP contribution in [0.4, 0.5) is 0 Å². The van der Waals surface area contributed by atoms with Gasteiger partial charge in [-0.25, -0.2) is 4.79 Å². The lowest BCUT2D eigenvalue weighted by Gasteiger charge is -2.33. The van der Waals surface area contributed by atoms with Crippen molar-refractivity contribution in [3.63, 3.8) is 0 Å². The van der Waals surface area contributed by atoms with E-state index < -0.39 is 54.1 Å². The lowest BCUT2D eigenvalue weighted by molar-refractivity contribution is -0.176. The first-order chi connectivity index (χ1) is 12.8. The first-order valence-electron chi connectivity index (χ1n) is 8.32. The van der Waals surface area contributed by atoms with Gasteiger partial charge in [0.2, 0.25) is 11.5 Å². The van der Waals surface area contributed by atoms with Gasteiger partial charge in [0, 0.05) is 23.7 Å². The van der Waals surface area contributed by atoms with Gasteiger partial charge in [-0.05, 0) is 6.92 Å². The van der Waals surface area contributed by atoms with Crippen LogP contribution < -0.4 is 11.2 Å². The maximum Gasteiger partial charge on any atom is 0.331 e. The fourth-order valence-electron chi connectivity index (χ4n) is 3.27. The summed E-state index contributed by atoms with van der Waals surface area (Å²) < 4.78 is 6.66. The number of aliphatic hydroxyl groups is 3. The van der Waals surface area contributed by atoms with Crippen LogP contribution in [0.15, 0.2) is 46.1 Å². The SMILES string of the molecule is Cc1cn([C@@]2(C(=O)c3ccccc3)C[C@H](O)C(CO)(CO)O2)c(=O)[nH]c1=O. The Morgan fingerprint density at radius 3 is 2.44 bits per heavy atom. The molecule has 1 saturated heterocycles. The first kappa shape index (κ1) is 19.2. The molecule has 1 aliphatic heterocycles. The molecule has 0 amide bonds. The number of hydrogen-bond donors (Lipinski definition) is 4.